The third-order valence-electron chi connectivity index (χ3n) is 2.61. The van der Waals surface area contributed by atoms with E-state index in [1.54, 1.807) is 0 Å². The van der Waals surface area contributed by atoms with Gasteiger partial charge < -0.3 is 5.73 Å². The minimum atomic E-state index is 0.850. The molecule has 82 valence electrons. The first-order valence-corrected chi connectivity index (χ1v) is 6.79. The summed E-state index contributed by atoms with van der Waals surface area (Å²) in [4.78, 5) is 0. The van der Waals surface area contributed by atoms with E-state index in [9.17, 15) is 0 Å². The summed E-state index contributed by atoms with van der Waals surface area (Å²) >= 11 is 2.38. The van der Waals surface area contributed by atoms with Crippen LogP contribution in [-0.4, -0.2) is 0 Å². The van der Waals surface area contributed by atoms with Crippen molar-refractivity contribution in [3.63, 3.8) is 0 Å². The van der Waals surface area contributed by atoms with Gasteiger partial charge in [-0.3, -0.25) is 0 Å². The van der Waals surface area contributed by atoms with E-state index in [4.69, 9.17) is 5.73 Å². The lowest BCUT2D eigenvalue weighted by Crippen LogP contribution is -1.95. The van der Waals surface area contributed by atoms with Gasteiger partial charge in [-0.05, 0) is 35.2 Å². The molecule has 2 aromatic rings. The van der Waals surface area contributed by atoms with Gasteiger partial charge in [-0.15, -0.1) is 0 Å². The van der Waals surface area contributed by atoms with E-state index in [0.717, 1.165) is 16.5 Å². The van der Waals surface area contributed by atoms with E-state index in [-0.39, 0.29) is 0 Å². The van der Waals surface area contributed by atoms with Gasteiger partial charge >= 0.3 is 0 Å². The summed E-state index contributed by atoms with van der Waals surface area (Å²) in [5.41, 5.74) is 10.7. The highest BCUT2D eigenvalue weighted by Gasteiger charge is 2.02. The SMILES string of the molecule is Nc1ccc(Cc2ccccc2)c(CI)c1. The zero-order valence-electron chi connectivity index (χ0n) is 8.99. The predicted octanol–water partition coefficient (Wildman–Crippen LogP) is 3.79. The van der Waals surface area contributed by atoms with E-state index in [1.807, 2.05) is 12.1 Å². The van der Waals surface area contributed by atoms with Crippen LogP contribution in [0.2, 0.25) is 0 Å². The summed E-state index contributed by atoms with van der Waals surface area (Å²) in [6, 6.07) is 16.7. The molecule has 0 bridgehead atoms. The van der Waals surface area contributed by atoms with Crippen LogP contribution in [-0.2, 0) is 10.8 Å². The first-order chi connectivity index (χ1) is 7.79. The Labute approximate surface area is 110 Å². The quantitative estimate of drug-likeness (QED) is 0.519. The number of halogens is 1. The Morgan fingerprint density at radius 3 is 2.38 bits per heavy atom. The van der Waals surface area contributed by atoms with Gasteiger partial charge in [0.15, 0.2) is 0 Å². The average Bonchev–Trinajstić information content (AvgIpc) is 2.33. The summed E-state index contributed by atoms with van der Waals surface area (Å²) in [6.45, 7) is 0. The second kappa shape index (κ2) is 5.34. The van der Waals surface area contributed by atoms with Crippen LogP contribution in [0.1, 0.15) is 16.7 Å². The summed E-state index contributed by atoms with van der Waals surface area (Å²) in [7, 11) is 0. The minimum Gasteiger partial charge on any atom is -0.399 e. The summed E-state index contributed by atoms with van der Waals surface area (Å²) in [5.74, 6) is 0. The van der Waals surface area contributed by atoms with Crippen LogP contribution in [0, 0.1) is 0 Å². The second-order valence-electron chi connectivity index (χ2n) is 3.82. The lowest BCUT2D eigenvalue weighted by molar-refractivity contribution is 1.15. The Kier molecular flexibility index (Phi) is 3.83. The van der Waals surface area contributed by atoms with Crippen molar-refractivity contribution in [2.24, 2.45) is 0 Å². The van der Waals surface area contributed by atoms with Gasteiger partial charge in [-0.1, -0.05) is 59.0 Å². The smallest absolute Gasteiger partial charge is 0.0317 e. The molecule has 0 radical (unpaired) electrons. The van der Waals surface area contributed by atoms with Gasteiger partial charge in [-0.2, -0.15) is 0 Å². The molecule has 0 saturated heterocycles. The molecule has 0 aromatic heterocycles. The van der Waals surface area contributed by atoms with E-state index < -0.39 is 0 Å². The normalized spacial score (nSPS) is 10.3. The lowest BCUT2D eigenvalue weighted by Gasteiger charge is -2.08. The molecule has 2 heteroatoms. The van der Waals surface area contributed by atoms with Crippen molar-refractivity contribution in [3.05, 3.63) is 65.2 Å². The van der Waals surface area contributed by atoms with Crippen molar-refractivity contribution in [3.8, 4) is 0 Å². The second-order valence-corrected chi connectivity index (χ2v) is 4.59. The van der Waals surface area contributed by atoms with E-state index in [1.165, 1.54) is 16.7 Å². The molecule has 0 heterocycles. The Morgan fingerprint density at radius 1 is 0.938 bits per heavy atom. The summed E-state index contributed by atoms with van der Waals surface area (Å²) < 4.78 is 1.00. The van der Waals surface area contributed by atoms with Crippen molar-refractivity contribution in [1.82, 2.24) is 0 Å². The van der Waals surface area contributed by atoms with E-state index >= 15 is 0 Å². The average molecular weight is 323 g/mol. The van der Waals surface area contributed by atoms with Crippen LogP contribution >= 0.6 is 22.6 Å². The highest BCUT2D eigenvalue weighted by atomic mass is 127. The third kappa shape index (κ3) is 2.76. The van der Waals surface area contributed by atoms with Gasteiger partial charge in [0, 0.05) is 10.1 Å². The highest BCUT2D eigenvalue weighted by Crippen LogP contribution is 2.19. The Balaban J connectivity index is 2.28. The third-order valence-corrected chi connectivity index (χ3v) is 3.43. The molecular weight excluding hydrogens is 309 g/mol. The van der Waals surface area contributed by atoms with Gasteiger partial charge in [-0.25, -0.2) is 0 Å². The summed E-state index contributed by atoms with van der Waals surface area (Å²) in [5, 5.41) is 0. The molecule has 0 amide bonds. The highest BCUT2D eigenvalue weighted by molar-refractivity contribution is 14.1. The molecule has 1 nitrogen and oxygen atoms in total. The van der Waals surface area contributed by atoms with Gasteiger partial charge in [0.2, 0.25) is 0 Å². The lowest BCUT2D eigenvalue weighted by atomic mass is 10.0. The number of hydrogen-bond donors (Lipinski definition) is 1. The predicted molar refractivity (Wildman–Crippen MR) is 77.8 cm³/mol. The van der Waals surface area contributed by atoms with Crippen molar-refractivity contribution in [1.29, 1.82) is 0 Å². The van der Waals surface area contributed by atoms with E-state index in [0.29, 0.717) is 0 Å². The summed E-state index contributed by atoms with van der Waals surface area (Å²) in [6.07, 6.45) is 0.986. The maximum Gasteiger partial charge on any atom is 0.0317 e. The Morgan fingerprint density at radius 2 is 1.69 bits per heavy atom. The van der Waals surface area contributed by atoms with Crippen molar-refractivity contribution in [2.75, 3.05) is 5.73 Å². The molecule has 2 rings (SSSR count). The zero-order chi connectivity index (χ0) is 11.4. The number of anilines is 1. The van der Waals surface area contributed by atoms with Crippen LogP contribution in [0.15, 0.2) is 48.5 Å². The number of rotatable bonds is 3. The van der Waals surface area contributed by atoms with Gasteiger partial charge in [0.25, 0.3) is 0 Å². The fourth-order valence-electron chi connectivity index (χ4n) is 1.76. The number of hydrogen-bond acceptors (Lipinski definition) is 1. The van der Waals surface area contributed by atoms with Crippen LogP contribution in [0.3, 0.4) is 0 Å². The van der Waals surface area contributed by atoms with Crippen LogP contribution in [0.4, 0.5) is 5.69 Å². The molecule has 0 atom stereocenters. The number of alkyl halides is 1. The molecule has 2 N–H and O–H groups in total. The molecule has 0 aliphatic heterocycles. The number of benzene rings is 2. The largest absolute Gasteiger partial charge is 0.399 e. The molecule has 0 unspecified atom stereocenters. The van der Waals surface area contributed by atoms with Crippen LogP contribution < -0.4 is 5.73 Å². The fraction of sp³-hybridized carbons (Fsp3) is 0.143. The molecule has 0 aliphatic carbocycles. The first kappa shape index (κ1) is 11.5. The van der Waals surface area contributed by atoms with Gasteiger partial charge in [0.05, 0.1) is 0 Å². The molecule has 0 aliphatic rings. The van der Waals surface area contributed by atoms with Crippen LogP contribution in [0.25, 0.3) is 0 Å². The first-order valence-electron chi connectivity index (χ1n) is 5.27. The molecule has 16 heavy (non-hydrogen) atoms. The molecule has 2 aromatic carbocycles. The molecule has 0 fully saturated rings. The zero-order valence-corrected chi connectivity index (χ0v) is 11.1. The molecular formula is C14H14IN. The molecule has 0 spiro atoms. The Bertz CT molecular complexity index is 465. The maximum absolute atomic E-state index is 5.79. The van der Waals surface area contributed by atoms with Gasteiger partial charge in [0.1, 0.15) is 0 Å². The fourth-order valence-corrected chi connectivity index (χ4v) is 2.47. The molecule has 0 saturated carbocycles. The van der Waals surface area contributed by atoms with E-state index in [2.05, 4.69) is 59.0 Å². The van der Waals surface area contributed by atoms with Crippen molar-refractivity contribution < 1.29 is 0 Å². The monoisotopic (exact) mass is 323 g/mol. The van der Waals surface area contributed by atoms with Crippen LogP contribution in [0.5, 0.6) is 0 Å². The number of nitrogen functional groups attached to an aromatic ring is 1. The Hall–Kier alpha value is -1.03. The van der Waals surface area contributed by atoms with Crippen molar-refractivity contribution in [2.45, 2.75) is 10.8 Å². The topological polar surface area (TPSA) is 26.0 Å². The van der Waals surface area contributed by atoms with Crippen molar-refractivity contribution >= 4 is 28.3 Å². The standard InChI is InChI=1S/C14H14IN/c15-10-13-9-14(16)7-6-12(13)8-11-4-2-1-3-5-11/h1-7,9H,8,10,16H2. The maximum atomic E-state index is 5.79. The number of nitrogens with two attached hydrogens (primary N) is 1. The minimum absolute atomic E-state index is 0.850.